The molecule has 0 atom stereocenters. The van der Waals surface area contributed by atoms with Crippen molar-refractivity contribution >= 4 is 16.6 Å². The van der Waals surface area contributed by atoms with Crippen molar-refractivity contribution in [1.29, 1.82) is 0 Å². The molecule has 1 N–H and O–H groups in total. The third-order valence-electron chi connectivity index (χ3n) is 5.04. The fraction of sp³-hybridized carbons (Fsp3) is 0.286. The van der Waals surface area contributed by atoms with Gasteiger partial charge in [0.1, 0.15) is 11.5 Å². The van der Waals surface area contributed by atoms with Crippen LogP contribution >= 0.6 is 0 Å². The van der Waals surface area contributed by atoms with Crippen molar-refractivity contribution in [1.82, 2.24) is 14.9 Å². The molecule has 27 heavy (non-hydrogen) atoms. The maximum absolute atomic E-state index is 14.4. The fourth-order valence-electron chi connectivity index (χ4n) is 3.58. The van der Waals surface area contributed by atoms with Crippen LogP contribution in [0.1, 0.15) is 17.5 Å². The number of rotatable bonds is 5. The molecule has 3 aromatic rings. The zero-order valence-electron chi connectivity index (χ0n) is 15.5. The van der Waals surface area contributed by atoms with Crippen molar-refractivity contribution < 1.29 is 13.9 Å². The molecule has 0 spiro atoms. The lowest BCUT2D eigenvalue weighted by molar-refractivity contribution is 0.287. The van der Waals surface area contributed by atoms with Crippen LogP contribution in [0.15, 0.2) is 42.7 Å². The third-order valence-corrected chi connectivity index (χ3v) is 5.04. The number of pyridine rings is 1. The first-order valence-electron chi connectivity index (χ1n) is 8.94. The van der Waals surface area contributed by atoms with Crippen molar-refractivity contribution in [3.8, 4) is 11.5 Å². The van der Waals surface area contributed by atoms with Crippen LogP contribution in [0.2, 0.25) is 0 Å². The molecule has 0 fully saturated rings. The van der Waals surface area contributed by atoms with Gasteiger partial charge in [-0.15, -0.1) is 0 Å². The van der Waals surface area contributed by atoms with Crippen LogP contribution in [0.4, 0.5) is 4.39 Å². The van der Waals surface area contributed by atoms with E-state index in [9.17, 15) is 4.39 Å². The predicted molar refractivity (Wildman–Crippen MR) is 103 cm³/mol. The Kier molecular flexibility index (Phi) is 4.81. The molecule has 2 aromatic heterocycles. The molecule has 3 heterocycles. The van der Waals surface area contributed by atoms with E-state index in [1.165, 1.54) is 24.3 Å². The van der Waals surface area contributed by atoms with Gasteiger partial charge in [0, 0.05) is 54.6 Å². The summed E-state index contributed by atoms with van der Waals surface area (Å²) in [4.78, 5) is 9.80. The lowest BCUT2D eigenvalue weighted by atomic mass is 9.99. The van der Waals surface area contributed by atoms with Gasteiger partial charge in [-0.05, 0) is 30.2 Å². The van der Waals surface area contributed by atoms with Gasteiger partial charge in [-0.2, -0.15) is 0 Å². The van der Waals surface area contributed by atoms with Gasteiger partial charge in [0.25, 0.3) is 0 Å². The Morgan fingerprint density at radius 1 is 1.22 bits per heavy atom. The van der Waals surface area contributed by atoms with E-state index < -0.39 is 0 Å². The van der Waals surface area contributed by atoms with E-state index in [1.807, 2.05) is 12.3 Å². The molecular formula is C21H22FN3O2. The van der Waals surface area contributed by atoms with Crippen molar-refractivity contribution in [3.63, 3.8) is 0 Å². The van der Waals surface area contributed by atoms with Crippen LogP contribution in [-0.4, -0.2) is 42.2 Å². The number of ether oxygens (including phenoxy) is 2. The summed E-state index contributed by atoms with van der Waals surface area (Å²) in [6, 6.07) is 7.15. The van der Waals surface area contributed by atoms with Crippen LogP contribution in [0.3, 0.4) is 0 Å². The minimum absolute atomic E-state index is 0.273. The summed E-state index contributed by atoms with van der Waals surface area (Å²) < 4.78 is 24.8. The number of methoxy groups -OCH3 is 2. The van der Waals surface area contributed by atoms with Crippen molar-refractivity contribution in [3.05, 3.63) is 59.7 Å². The standard InChI is InChI=1S/C21H22FN3O2/c1-26-19-10-15(18(22)11-20(19)27-2)13-25-8-5-14(6-9-25)17-12-24-21-16(17)4-3-7-23-21/h3-5,7,10-12H,6,8-9,13H2,1-2H3,(H,23,24). The Hall–Kier alpha value is -2.86. The Labute approximate surface area is 157 Å². The van der Waals surface area contributed by atoms with E-state index in [0.717, 1.165) is 30.5 Å². The SMILES string of the molecule is COc1cc(F)c(CN2CC=C(c3c[nH]c4ncccc34)CC2)cc1OC. The minimum Gasteiger partial charge on any atom is -0.493 e. The summed E-state index contributed by atoms with van der Waals surface area (Å²) in [6.07, 6.45) is 6.94. The highest BCUT2D eigenvalue weighted by atomic mass is 19.1. The van der Waals surface area contributed by atoms with E-state index in [1.54, 1.807) is 19.4 Å². The molecule has 0 radical (unpaired) electrons. The summed E-state index contributed by atoms with van der Waals surface area (Å²) in [5, 5.41) is 1.14. The predicted octanol–water partition coefficient (Wildman–Crippen LogP) is 4.01. The Morgan fingerprint density at radius 2 is 2.04 bits per heavy atom. The fourth-order valence-corrected chi connectivity index (χ4v) is 3.58. The molecule has 140 valence electrons. The quantitative estimate of drug-likeness (QED) is 0.740. The number of nitrogens with zero attached hydrogens (tertiary/aromatic N) is 2. The van der Waals surface area contributed by atoms with Gasteiger partial charge in [0.2, 0.25) is 0 Å². The molecule has 0 saturated carbocycles. The number of hydrogen-bond donors (Lipinski definition) is 1. The van der Waals surface area contributed by atoms with Crippen LogP contribution in [0.25, 0.3) is 16.6 Å². The summed E-state index contributed by atoms with van der Waals surface area (Å²) in [5.74, 6) is 0.686. The molecule has 1 aromatic carbocycles. The average molecular weight is 367 g/mol. The Bertz CT molecular complexity index is 996. The molecule has 1 aliphatic rings. The Morgan fingerprint density at radius 3 is 2.78 bits per heavy atom. The summed E-state index contributed by atoms with van der Waals surface area (Å²) in [6.45, 7) is 2.17. The lowest BCUT2D eigenvalue weighted by Crippen LogP contribution is -2.28. The lowest BCUT2D eigenvalue weighted by Gasteiger charge is -2.26. The molecular weight excluding hydrogens is 345 g/mol. The molecule has 0 aliphatic carbocycles. The van der Waals surface area contributed by atoms with Crippen molar-refractivity contribution in [2.24, 2.45) is 0 Å². The van der Waals surface area contributed by atoms with E-state index in [-0.39, 0.29) is 5.82 Å². The highest BCUT2D eigenvalue weighted by Crippen LogP contribution is 2.32. The highest BCUT2D eigenvalue weighted by Gasteiger charge is 2.18. The van der Waals surface area contributed by atoms with Gasteiger partial charge >= 0.3 is 0 Å². The van der Waals surface area contributed by atoms with Crippen LogP contribution in [-0.2, 0) is 6.54 Å². The zero-order valence-corrected chi connectivity index (χ0v) is 15.5. The second-order valence-electron chi connectivity index (χ2n) is 6.61. The minimum atomic E-state index is -0.273. The van der Waals surface area contributed by atoms with Crippen LogP contribution in [0, 0.1) is 5.82 Å². The average Bonchev–Trinajstić information content (AvgIpc) is 3.14. The van der Waals surface area contributed by atoms with E-state index >= 15 is 0 Å². The van der Waals surface area contributed by atoms with Gasteiger partial charge in [-0.1, -0.05) is 6.08 Å². The smallest absolute Gasteiger partial charge is 0.163 e. The number of aromatic amines is 1. The molecule has 5 nitrogen and oxygen atoms in total. The number of H-pyrrole nitrogens is 1. The largest absolute Gasteiger partial charge is 0.493 e. The maximum Gasteiger partial charge on any atom is 0.163 e. The van der Waals surface area contributed by atoms with E-state index in [4.69, 9.17) is 9.47 Å². The second-order valence-corrected chi connectivity index (χ2v) is 6.61. The van der Waals surface area contributed by atoms with Gasteiger partial charge in [0.15, 0.2) is 11.5 Å². The first-order valence-corrected chi connectivity index (χ1v) is 8.94. The molecule has 0 unspecified atom stereocenters. The maximum atomic E-state index is 14.4. The molecule has 1 aliphatic heterocycles. The number of fused-ring (bicyclic) bond motifs is 1. The molecule has 0 bridgehead atoms. The number of hydrogen-bond acceptors (Lipinski definition) is 4. The summed E-state index contributed by atoms with van der Waals surface area (Å²) in [7, 11) is 3.07. The normalized spacial score (nSPS) is 15.0. The molecule has 6 heteroatoms. The number of aromatic nitrogens is 2. The van der Waals surface area contributed by atoms with Gasteiger partial charge in [-0.25, -0.2) is 9.37 Å². The van der Waals surface area contributed by atoms with Gasteiger partial charge < -0.3 is 14.5 Å². The first kappa shape index (κ1) is 17.5. The number of halogens is 1. The first-order chi connectivity index (χ1) is 13.2. The zero-order chi connectivity index (χ0) is 18.8. The van der Waals surface area contributed by atoms with Crippen molar-refractivity contribution in [2.75, 3.05) is 27.3 Å². The summed E-state index contributed by atoms with van der Waals surface area (Å²) in [5.41, 5.74) is 4.03. The molecule has 4 rings (SSSR count). The number of benzene rings is 1. The molecule has 0 amide bonds. The molecule has 0 saturated heterocycles. The van der Waals surface area contributed by atoms with Crippen LogP contribution < -0.4 is 9.47 Å². The van der Waals surface area contributed by atoms with Crippen LogP contribution in [0.5, 0.6) is 11.5 Å². The summed E-state index contributed by atoms with van der Waals surface area (Å²) >= 11 is 0. The second kappa shape index (κ2) is 7.40. The number of nitrogens with one attached hydrogen (secondary N) is 1. The highest BCUT2D eigenvalue weighted by molar-refractivity contribution is 5.90. The third kappa shape index (κ3) is 3.40. The van der Waals surface area contributed by atoms with Gasteiger partial charge in [0.05, 0.1) is 14.2 Å². The van der Waals surface area contributed by atoms with Crippen molar-refractivity contribution in [2.45, 2.75) is 13.0 Å². The van der Waals surface area contributed by atoms with Gasteiger partial charge in [-0.3, -0.25) is 4.90 Å². The van der Waals surface area contributed by atoms with E-state index in [0.29, 0.717) is 23.6 Å². The monoisotopic (exact) mass is 367 g/mol. The Balaban J connectivity index is 1.51. The van der Waals surface area contributed by atoms with E-state index in [2.05, 4.69) is 27.0 Å². The topological polar surface area (TPSA) is 50.4 Å².